The zero-order chi connectivity index (χ0) is 13.7. The maximum atomic E-state index is 12.3. The van der Waals surface area contributed by atoms with Gasteiger partial charge in [-0.1, -0.05) is 0 Å². The van der Waals surface area contributed by atoms with Gasteiger partial charge in [0, 0.05) is 24.5 Å². The van der Waals surface area contributed by atoms with Gasteiger partial charge in [0.25, 0.3) is 5.91 Å². The molecular formula is C13H18ClNO3. The van der Waals surface area contributed by atoms with E-state index in [-0.39, 0.29) is 29.0 Å². The quantitative estimate of drug-likeness (QED) is 0.809. The molecule has 0 aromatic heterocycles. The molecule has 0 saturated heterocycles. The molecule has 0 aliphatic carbocycles. The van der Waals surface area contributed by atoms with Crippen LogP contribution in [0.25, 0.3) is 0 Å². The number of benzene rings is 1. The first-order chi connectivity index (χ1) is 8.47. The predicted molar refractivity (Wildman–Crippen MR) is 71.3 cm³/mol. The lowest BCUT2D eigenvalue weighted by atomic mass is 10.1. The zero-order valence-electron chi connectivity index (χ0n) is 10.6. The number of aromatic hydroxyl groups is 2. The number of phenolic OH excluding ortho intramolecular Hbond substituents is 2. The van der Waals surface area contributed by atoms with E-state index in [1.54, 1.807) is 4.90 Å². The van der Waals surface area contributed by atoms with Gasteiger partial charge in [-0.25, -0.2) is 0 Å². The molecule has 0 bridgehead atoms. The molecule has 0 spiro atoms. The number of amides is 1. The van der Waals surface area contributed by atoms with Crippen molar-refractivity contribution in [2.75, 3.05) is 12.4 Å². The molecule has 0 aliphatic heterocycles. The smallest absolute Gasteiger partial charge is 0.257 e. The fourth-order valence-corrected chi connectivity index (χ4v) is 1.80. The molecule has 0 saturated carbocycles. The van der Waals surface area contributed by atoms with Gasteiger partial charge in [0.2, 0.25) is 0 Å². The molecule has 0 atom stereocenters. The van der Waals surface area contributed by atoms with Crippen LogP contribution in [0.4, 0.5) is 0 Å². The van der Waals surface area contributed by atoms with E-state index in [9.17, 15) is 15.0 Å². The summed E-state index contributed by atoms with van der Waals surface area (Å²) in [5.74, 6) is -0.0528. The first kappa shape index (κ1) is 14.6. The van der Waals surface area contributed by atoms with Gasteiger partial charge in [-0.05, 0) is 32.4 Å². The summed E-state index contributed by atoms with van der Waals surface area (Å²) >= 11 is 5.63. The summed E-state index contributed by atoms with van der Waals surface area (Å²) in [7, 11) is 0. The van der Waals surface area contributed by atoms with E-state index in [0.29, 0.717) is 18.8 Å². The Hall–Kier alpha value is -1.42. The molecule has 1 aromatic carbocycles. The molecule has 0 radical (unpaired) electrons. The Balaban J connectivity index is 2.94. The van der Waals surface area contributed by atoms with Crippen molar-refractivity contribution in [1.82, 2.24) is 4.90 Å². The monoisotopic (exact) mass is 271 g/mol. The second-order valence-corrected chi connectivity index (χ2v) is 4.71. The van der Waals surface area contributed by atoms with Crippen molar-refractivity contribution in [3.8, 4) is 11.5 Å². The number of rotatable bonds is 5. The number of phenols is 2. The largest absolute Gasteiger partial charge is 0.508 e. The summed E-state index contributed by atoms with van der Waals surface area (Å²) in [6.45, 7) is 4.35. The summed E-state index contributed by atoms with van der Waals surface area (Å²) in [5.41, 5.74) is 0.191. The van der Waals surface area contributed by atoms with E-state index in [1.807, 2.05) is 13.8 Å². The minimum atomic E-state index is -0.257. The minimum Gasteiger partial charge on any atom is -0.508 e. The highest BCUT2D eigenvalue weighted by atomic mass is 35.5. The van der Waals surface area contributed by atoms with Gasteiger partial charge in [-0.15, -0.1) is 11.6 Å². The van der Waals surface area contributed by atoms with Crippen molar-refractivity contribution < 1.29 is 15.0 Å². The lowest BCUT2D eigenvalue weighted by molar-refractivity contribution is 0.0703. The van der Waals surface area contributed by atoms with Crippen LogP contribution in [0.3, 0.4) is 0 Å². The number of carbonyl (C=O) groups excluding carboxylic acids is 1. The van der Waals surface area contributed by atoms with Gasteiger partial charge in [-0.2, -0.15) is 0 Å². The molecule has 1 rings (SSSR count). The van der Waals surface area contributed by atoms with Gasteiger partial charge in [0.15, 0.2) is 0 Å². The lowest BCUT2D eigenvalue weighted by Crippen LogP contribution is -2.37. The van der Waals surface area contributed by atoms with Gasteiger partial charge in [-0.3, -0.25) is 4.79 Å². The van der Waals surface area contributed by atoms with Crippen molar-refractivity contribution in [3.63, 3.8) is 0 Å². The van der Waals surface area contributed by atoms with E-state index >= 15 is 0 Å². The number of nitrogens with zero attached hydrogens (tertiary/aromatic N) is 1. The maximum Gasteiger partial charge on any atom is 0.257 e. The maximum absolute atomic E-state index is 12.3. The number of carbonyl (C=O) groups is 1. The third kappa shape index (κ3) is 3.53. The van der Waals surface area contributed by atoms with Crippen LogP contribution in [0.1, 0.15) is 30.6 Å². The Bertz CT molecular complexity index is 421. The Kier molecular flexibility index (Phi) is 5.28. The topological polar surface area (TPSA) is 60.8 Å². The summed E-state index contributed by atoms with van der Waals surface area (Å²) in [4.78, 5) is 13.9. The summed E-state index contributed by atoms with van der Waals surface area (Å²) in [6, 6.07) is 3.98. The molecule has 100 valence electrons. The SMILES string of the molecule is CC(C)N(CCCCl)C(=O)c1ccc(O)cc1O. The summed E-state index contributed by atoms with van der Waals surface area (Å²) in [6.07, 6.45) is 0.699. The Morgan fingerprint density at radius 3 is 2.56 bits per heavy atom. The van der Waals surface area contributed by atoms with Crippen LogP contribution in [0.15, 0.2) is 18.2 Å². The van der Waals surface area contributed by atoms with Crippen LogP contribution in [0.5, 0.6) is 11.5 Å². The van der Waals surface area contributed by atoms with E-state index in [1.165, 1.54) is 12.1 Å². The second-order valence-electron chi connectivity index (χ2n) is 4.34. The van der Waals surface area contributed by atoms with E-state index in [0.717, 1.165) is 6.07 Å². The van der Waals surface area contributed by atoms with Crippen molar-refractivity contribution in [1.29, 1.82) is 0 Å². The van der Waals surface area contributed by atoms with Crippen molar-refractivity contribution in [2.45, 2.75) is 26.3 Å². The Morgan fingerprint density at radius 1 is 1.39 bits per heavy atom. The minimum absolute atomic E-state index is 0.0221. The molecule has 1 aromatic rings. The van der Waals surface area contributed by atoms with Gasteiger partial charge < -0.3 is 15.1 Å². The van der Waals surface area contributed by atoms with Crippen LogP contribution in [0.2, 0.25) is 0 Å². The number of halogens is 1. The Morgan fingerprint density at radius 2 is 2.06 bits per heavy atom. The van der Waals surface area contributed by atoms with Crippen molar-refractivity contribution in [2.24, 2.45) is 0 Å². The lowest BCUT2D eigenvalue weighted by Gasteiger charge is -2.26. The predicted octanol–water partition coefficient (Wildman–Crippen LogP) is 2.58. The number of hydrogen-bond donors (Lipinski definition) is 2. The number of alkyl halides is 1. The number of hydrogen-bond acceptors (Lipinski definition) is 3. The van der Waals surface area contributed by atoms with Gasteiger partial charge >= 0.3 is 0 Å². The molecule has 1 amide bonds. The average Bonchev–Trinajstić information content (AvgIpc) is 2.28. The molecule has 2 N–H and O–H groups in total. The first-order valence-electron chi connectivity index (χ1n) is 5.86. The first-order valence-corrected chi connectivity index (χ1v) is 6.39. The highest BCUT2D eigenvalue weighted by Crippen LogP contribution is 2.24. The second kappa shape index (κ2) is 6.50. The molecular weight excluding hydrogens is 254 g/mol. The molecule has 0 aliphatic rings. The van der Waals surface area contributed by atoms with E-state index in [4.69, 9.17) is 11.6 Å². The van der Waals surface area contributed by atoms with Crippen molar-refractivity contribution >= 4 is 17.5 Å². The van der Waals surface area contributed by atoms with Crippen LogP contribution in [-0.4, -0.2) is 39.5 Å². The molecule has 4 nitrogen and oxygen atoms in total. The van der Waals surface area contributed by atoms with Gasteiger partial charge in [0.1, 0.15) is 11.5 Å². The summed E-state index contributed by atoms with van der Waals surface area (Å²) < 4.78 is 0. The van der Waals surface area contributed by atoms with Crippen LogP contribution in [-0.2, 0) is 0 Å². The third-order valence-corrected chi connectivity index (χ3v) is 2.90. The van der Waals surface area contributed by atoms with Crippen LogP contribution in [0, 0.1) is 0 Å². The fourth-order valence-electron chi connectivity index (χ4n) is 1.68. The Labute approximate surface area is 112 Å². The van der Waals surface area contributed by atoms with Gasteiger partial charge in [0.05, 0.1) is 5.56 Å². The molecule has 0 unspecified atom stereocenters. The molecule has 0 heterocycles. The summed E-state index contributed by atoms with van der Waals surface area (Å²) in [5, 5.41) is 18.9. The average molecular weight is 272 g/mol. The molecule has 18 heavy (non-hydrogen) atoms. The van der Waals surface area contributed by atoms with E-state index < -0.39 is 0 Å². The molecule has 0 fully saturated rings. The van der Waals surface area contributed by atoms with E-state index in [2.05, 4.69) is 0 Å². The molecule has 5 heteroatoms. The fraction of sp³-hybridized carbons (Fsp3) is 0.462. The highest BCUT2D eigenvalue weighted by Gasteiger charge is 2.21. The standard InChI is InChI=1S/C13H18ClNO3/c1-9(2)15(7-3-6-14)13(18)11-5-4-10(16)8-12(11)17/h4-5,8-9,16-17H,3,6-7H2,1-2H3. The normalized spacial score (nSPS) is 10.7. The zero-order valence-corrected chi connectivity index (χ0v) is 11.3. The third-order valence-electron chi connectivity index (χ3n) is 2.63. The van der Waals surface area contributed by atoms with Crippen LogP contribution >= 0.6 is 11.6 Å². The van der Waals surface area contributed by atoms with Crippen LogP contribution < -0.4 is 0 Å². The highest BCUT2D eigenvalue weighted by molar-refractivity contribution is 6.17. The van der Waals surface area contributed by atoms with Crippen molar-refractivity contribution in [3.05, 3.63) is 23.8 Å².